The van der Waals surface area contributed by atoms with Crippen LogP contribution in [0.15, 0.2) is 72.8 Å². The molecule has 5 heteroatoms. The van der Waals surface area contributed by atoms with Gasteiger partial charge in [-0.15, -0.1) is 0 Å². The molecule has 1 aliphatic rings. The zero-order valence-electron chi connectivity index (χ0n) is 9.14. The monoisotopic (exact) mass is 263 g/mol. The van der Waals surface area contributed by atoms with Gasteiger partial charge < -0.3 is 4.72 Å². The zero-order chi connectivity index (χ0) is 12.0. The Morgan fingerprint density at radius 2 is 1.24 bits per heavy atom. The summed E-state index contributed by atoms with van der Waals surface area (Å²) in [5, 5.41) is 2.00. The van der Waals surface area contributed by atoms with Crippen molar-refractivity contribution in [3.8, 4) is 0 Å². The van der Waals surface area contributed by atoms with Gasteiger partial charge >= 0.3 is 0 Å². The van der Waals surface area contributed by atoms with Crippen molar-refractivity contribution in [3.05, 3.63) is 72.8 Å². The molecule has 88 valence electrons. The van der Waals surface area contributed by atoms with E-state index in [0.717, 1.165) is 0 Å². The summed E-state index contributed by atoms with van der Waals surface area (Å²) in [6.45, 7) is 0. The van der Waals surface area contributed by atoms with Gasteiger partial charge in [0.1, 0.15) is 0 Å². The first-order valence-electron chi connectivity index (χ1n) is 4.93. The van der Waals surface area contributed by atoms with Crippen LogP contribution in [0, 0.1) is 0 Å². The minimum Gasteiger partial charge on any atom is -0.327 e. The Bertz CT molecular complexity index is 291. The number of nitrogens with zero attached hydrogens (tertiary/aromatic N) is 2. The Balaban J connectivity index is 0.000000128. The highest BCUT2D eigenvalue weighted by Crippen LogP contribution is 2.22. The third-order valence-electron chi connectivity index (χ3n) is 1.42. The normalized spacial score (nSPS) is 11.3. The lowest BCUT2D eigenvalue weighted by Gasteiger charge is -1.75. The van der Waals surface area contributed by atoms with Crippen LogP contribution in [-0.2, 0) is 0 Å². The summed E-state index contributed by atoms with van der Waals surface area (Å²) in [5.74, 6) is 0. The highest BCUT2D eigenvalue weighted by molar-refractivity contribution is 8.77. The van der Waals surface area contributed by atoms with Crippen molar-refractivity contribution in [2.75, 3.05) is 0 Å². The lowest BCUT2D eigenvalue weighted by molar-refractivity contribution is 1.33. The second kappa shape index (κ2) is 11.0. The Morgan fingerprint density at radius 1 is 0.706 bits per heavy atom. The van der Waals surface area contributed by atoms with Crippen LogP contribution in [-0.4, -0.2) is 9.97 Å². The molecule has 2 aromatic rings. The maximum atomic E-state index is 3.78. The summed E-state index contributed by atoms with van der Waals surface area (Å²) < 4.78 is 2.92. The highest BCUT2D eigenvalue weighted by atomic mass is 33.1. The maximum Gasteiger partial charge on any atom is 0.0267 e. The zero-order valence-corrected chi connectivity index (χ0v) is 10.8. The lowest BCUT2D eigenvalue weighted by Crippen LogP contribution is -1.76. The van der Waals surface area contributed by atoms with Crippen molar-refractivity contribution in [1.29, 1.82) is 0 Å². The molecule has 0 radical (unpaired) electrons. The molecule has 0 aromatic carbocycles. The predicted octanol–water partition coefficient (Wildman–Crippen LogP) is 3.52. The molecule has 17 heavy (non-hydrogen) atoms. The topological polar surface area (TPSA) is 37.8 Å². The van der Waals surface area contributed by atoms with Gasteiger partial charge in [0, 0.05) is 47.4 Å². The van der Waals surface area contributed by atoms with Crippen LogP contribution in [0.25, 0.3) is 0 Å². The van der Waals surface area contributed by atoms with Gasteiger partial charge in [0.05, 0.1) is 0 Å². The van der Waals surface area contributed by atoms with E-state index in [0.29, 0.717) is 0 Å². The van der Waals surface area contributed by atoms with E-state index in [1.165, 1.54) is 0 Å². The number of rotatable bonds is 0. The molecule has 2 aromatic heterocycles. The molecule has 3 rings (SSSR count). The van der Waals surface area contributed by atoms with Gasteiger partial charge in [-0.25, -0.2) is 0 Å². The van der Waals surface area contributed by atoms with E-state index >= 15 is 0 Å². The second-order valence-electron chi connectivity index (χ2n) is 2.65. The Morgan fingerprint density at radius 3 is 1.35 bits per heavy atom. The summed E-state index contributed by atoms with van der Waals surface area (Å²) in [4.78, 5) is 7.57. The first-order chi connectivity index (χ1) is 8.50. The van der Waals surface area contributed by atoms with Crippen LogP contribution in [0.1, 0.15) is 0 Å². The van der Waals surface area contributed by atoms with Crippen molar-refractivity contribution >= 4 is 21.8 Å². The van der Waals surface area contributed by atoms with Gasteiger partial charge in [0.25, 0.3) is 0 Å². The fraction of sp³-hybridized carbons (Fsp3) is 0. The van der Waals surface area contributed by atoms with E-state index in [-0.39, 0.29) is 0 Å². The summed E-state index contributed by atoms with van der Waals surface area (Å²) in [6.07, 6.45) is 8.91. The standard InChI is InChI=1S/2C5H5N.C2H3NS2/c2*1-2-4-6-5-3-1;1-2-4-5-3-1/h2*1-5H;1-3H. The second-order valence-corrected chi connectivity index (χ2v) is 4.59. The number of hydrogen-bond acceptors (Lipinski definition) is 5. The number of nitrogens with one attached hydrogen (secondary N) is 1. The van der Waals surface area contributed by atoms with Crippen LogP contribution in [0.5, 0.6) is 0 Å². The van der Waals surface area contributed by atoms with Crippen molar-refractivity contribution in [2.45, 2.75) is 0 Å². The average molecular weight is 263 g/mol. The molecule has 0 aliphatic carbocycles. The van der Waals surface area contributed by atoms with Gasteiger partial charge in [-0.05, 0) is 35.1 Å². The van der Waals surface area contributed by atoms with E-state index in [1.807, 2.05) is 48.0 Å². The first kappa shape index (κ1) is 13.6. The first-order valence-corrected chi connectivity index (χ1v) is 7.14. The number of aromatic nitrogens is 2. The summed E-state index contributed by atoms with van der Waals surface area (Å²) in [5.41, 5.74) is 0. The Labute approximate surface area is 109 Å². The largest absolute Gasteiger partial charge is 0.327 e. The molecular formula is C12H13N3S2. The summed E-state index contributed by atoms with van der Waals surface area (Å²) in [7, 11) is 3.33. The minimum absolute atomic E-state index is 1.63. The SMILES string of the molecule is C1=CSSN1.c1ccncc1.c1ccncc1. The van der Waals surface area contributed by atoms with Crippen LogP contribution >= 0.6 is 21.8 Å². The molecule has 3 heterocycles. The fourth-order valence-electron chi connectivity index (χ4n) is 0.764. The third-order valence-corrected chi connectivity index (χ3v) is 2.91. The molecule has 1 aliphatic heterocycles. The molecule has 0 amide bonds. The predicted molar refractivity (Wildman–Crippen MR) is 75.9 cm³/mol. The van der Waals surface area contributed by atoms with Gasteiger partial charge in [0.2, 0.25) is 0 Å². The smallest absolute Gasteiger partial charge is 0.0267 e. The van der Waals surface area contributed by atoms with Gasteiger partial charge in [-0.1, -0.05) is 12.1 Å². The Kier molecular flexibility index (Phi) is 8.83. The van der Waals surface area contributed by atoms with Crippen molar-refractivity contribution in [1.82, 2.24) is 14.7 Å². The van der Waals surface area contributed by atoms with Crippen molar-refractivity contribution in [3.63, 3.8) is 0 Å². The molecule has 0 bridgehead atoms. The summed E-state index contributed by atoms with van der Waals surface area (Å²) >= 11 is 0. The molecule has 0 spiro atoms. The molecule has 0 unspecified atom stereocenters. The van der Waals surface area contributed by atoms with E-state index in [4.69, 9.17) is 0 Å². The molecule has 3 nitrogen and oxygen atoms in total. The molecular weight excluding hydrogens is 250 g/mol. The minimum atomic E-state index is 1.63. The number of pyridine rings is 2. The van der Waals surface area contributed by atoms with Crippen LogP contribution in [0.4, 0.5) is 0 Å². The Hall–Kier alpha value is -1.46. The van der Waals surface area contributed by atoms with Crippen LogP contribution in [0.2, 0.25) is 0 Å². The molecule has 0 fully saturated rings. The van der Waals surface area contributed by atoms with E-state index in [1.54, 1.807) is 46.6 Å². The van der Waals surface area contributed by atoms with Crippen LogP contribution < -0.4 is 4.72 Å². The van der Waals surface area contributed by atoms with Gasteiger partial charge in [0.15, 0.2) is 0 Å². The van der Waals surface area contributed by atoms with E-state index in [9.17, 15) is 0 Å². The molecule has 0 saturated heterocycles. The quantitative estimate of drug-likeness (QED) is 0.581. The molecule has 1 N–H and O–H groups in total. The van der Waals surface area contributed by atoms with E-state index < -0.39 is 0 Å². The van der Waals surface area contributed by atoms with E-state index in [2.05, 4.69) is 14.7 Å². The van der Waals surface area contributed by atoms with Gasteiger partial charge in [-0.3, -0.25) is 9.97 Å². The third kappa shape index (κ3) is 9.47. The molecule has 0 atom stereocenters. The van der Waals surface area contributed by atoms with Gasteiger partial charge in [-0.2, -0.15) is 0 Å². The highest BCUT2D eigenvalue weighted by Gasteiger charge is 1.83. The van der Waals surface area contributed by atoms with Crippen molar-refractivity contribution in [2.24, 2.45) is 0 Å². The lowest BCUT2D eigenvalue weighted by atomic mass is 10.5. The number of hydrogen-bond donors (Lipinski definition) is 1. The fourth-order valence-corrected chi connectivity index (χ4v) is 1.88. The van der Waals surface area contributed by atoms with Crippen LogP contribution in [0.3, 0.4) is 0 Å². The van der Waals surface area contributed by atoms with Crippen molar-refractivity contribution < 1.29 is 0 Å². The summed E-state index contributed by atoms with van der Waals surface area (Å²) in [6, 6.07) is 11.4. The maximum absolute atomic E-state index is 3.78. The molecule has 0 saturated carbocycles. The average Bonchev–Trinajstić information content (AvgIpc) is 3.03.